The van der Waals surface area contributed by atoms with Crippen LogP contribution in [0.4, 0.5) is 5.69 Å². The van der Waals surface area contributed by atoms with Crippen molar-refractivity contribution >= 4 is 11.6 Å². The van der Waals surface area contributed by atoms with Crippen molar-refractivity contribution in [3.63, 3.8) is 0 Å². The van der Waals surface area contributed by atoms with Crippen LogP contribution in [0.5, 0.6) is 0 Å². The summed E-state index contributed by atoms with van der Waals surface area (Å²) in [6.07, 6.45) is 1.93. The summed E-state index contributed by atoms with van der Waals surface area (Å²) in [5.74, 6) is -0.112. The molecule has 1 aromatic carbocycles. The number of nitrogens with one attached hydrogen (secondary N) is 1. The van der Waals surface area contributed by atoms with Crippen molar-refractivity contribution in [3.8, 4) is 0 Å². The van der Waals surface area contributed by atoms with Crippen LogP contribution in [-0.4, -0.2) is 5.91 Å². The van der Waals surface area contributed by atoms with Gasteiger partial charge in [-0.3, -0.25) is 4.79 Å². The fourth-order valence-corrected chi connectivity index (χ4v) is 1.51. The molecular weight excluding hydrogens is 198 g/mol. The zero-order valence-electron chi connectivity index (χ0n) is 10.3. The van der Waals surface area contributed by atoms with Gasteiger partial charge in [0, 0.05) is 11.3 Å². The summed E-state index contributed by atoms with van der Waals surface area (Å²) in [6, 6.07) is 6.17. The highest BCUT2D eigenvalue weighted by Gasteiger charge is 2.06. The third-order valence-corrected chi connectivity index (χ3v) is 2.59. The van der Waals surface area contributed by atoms with Crippen molar-refractivity contribution in [1.29, 1.82) is 0 Å². The average molecular weight is 217 g/mol. The van der Waals surface area contributed by atoms with Gasteiger partial charge >= 0.3 is 0 Å². The van der Waals surface area contributed by atoms with Gasteiger partial charge in [0.15, 0.2) is 0 Å². The maximum absolute atomic E-state index is 11.5. The molecule has 0 aliphatic rings. The molecule has 0 bridgehead atoms. The Kier molecular flexibility index (Phi) is 4.29. The van der Waals surface area contributed by atoms with Gasteiger partial charge in [-0.2, -0.15) is 0 Å². The Balaban J connectivity index is 2.96. The summed E-state index contributed by atoms with van der Waals surface area (Å²) in [5, 5.41) is 2.87. The smallest absolute Gasteiger partial charge is 0.250 e. The van der Waals surface area contributed by atoms with E-state index in [4.69, 9.17) is 0 Å². The van der Waals surface area contributed by atoms with Gasteiger partial charge in [-0.25, -0.2) is 0 Å². The lowest BCUT2D eigenvalue weighted by atomic mass is 10.0. The number of carbonyl (C=O) groups is 1. The van der Waals surface area contributed by atoms with Crippen molar-refractivity contribution < 1.29 is 4.79 Å². The average Bonchev–Trinajstić information content (AvgIpc) is 2.29. The number of rotatable bonds is 4. The van der Waals surface area contributed by atoms with E-state index in [1.807, 2.05) is 12.1 Å². The van der Waals surface area contributed by atoms with E-state index in [1.54, 1.807) is 6.92 Å². The highest BCUT2D eigenvalue weighted by atomic mass is 16.1. The van der Waals surface area contributed by atoms with Crippen molar-refractivity contribution in [2.45, 2.75) is 33.6 Å². The van der Waals surface area contributed by atoms with Gasteiger partial charge in [0.05, 0.1) is 0 Å². The Hall–Kier alpha value is -1.57. The molecule has 0 unspecified atom stereocenters. The molecule has 0 aromatic heterocycles. The lowest BCUT2D eigenvalue weighted by Gasteiger charge is -2.11. The van der Waals surface area contributed by atoms with Crippen LogP contribution in [0, 0.1) is 0 Å². The zero-order chi connectivity index (χ0) is 12.1. The van der Waals surface area contributed by atoms with Crippen LogP contribution >= 0.6 is 0 Å². The third-order valence-electron chi connectivity index (χ3n) is 2.59. The zero-order valence-corrected chi connectivity index (χ0v) is 10.3. The van der Waals surface area contributed by atoms with E-state index in [0.29, 0.717) is 5.57 Å². The van der Waals surface area contributed by atoms with Gasteiger partial charge in [0.2, 0.25) is 0 Å². The van der Waals surface area contributed by atoms with Gasteiger partial charge < -0.3 is 5.32 Å². The standard InChI is InChI=1S/C14H19NO/c1-5-11-7-8-13(12(6-2)9-11)15-14(16)10(3)4/h7-9H,3,5-6H2,1-2,4H3,(H,15,16). The fraction of sp³-hybridized carbons (Fsp3) is 0.357. The highest BCUT2D eigenvalue weighted by Crippen LogP contribution is 2.19. The molecule has 1 N–H and O–H groups in total. The highest BCUT2D eigenvalue weighted by molar-refractivity contribution is 6.03. The van der Waals surface area contributed by atoms with Crippen LogP contribution in [0.3, 0.4) is 0 Å². The number of hydrogen-bond donors (Lipinski definition) is 1. The molecule has 0 saturated heterocycles. The van der Waals surface area contributed by atoms with Gasteiger partial charge in [-0.1, -0.05) is 32.6 Å². The van der Waals surface area contributed by atoms with Crippen LogP contribution in [-0.2, 0) is 17.6 Å². The van der Waals surface area contributed by atoms with E-state index in [-0.39, 0.29) is 5.91 Å². The quantitative estimate of drug-likeness (QED) is 0.770. The summed E-state index contributed by atoms with van der Waals surface area (Å²) in [5.41, 5.74) is 3.90. The maximum Gasteiger partial charge on any atom is 0.250 e. The van der Waals surface area contributed by atoms with Gasteiger partial charge in [0.1, 0.15) is 0 Å². The van der Waals surface area contributed by atoms with Crippen LogP contribution in [0.15, 0.2) is 30.4 Å². The van der Waals surface area contributed by atoms with Crippen LogP contribution in [0.1, 0.15) is 31.9 Å². The molecule has 2 nitrogen and oxygen atoms in total. The van der Waals surface area contributed by atoms with Crippen molar-refractivity contribution in [3.05, 3.63) is 41.5 Å². The second-order valence-corrected chi connectivity index (χ2v) is 3.93. The largest absolute Gasteiger partial charge is 0.322 e. The van der Waals surface area contributed by atoms with Crippen LogP contribution in [0.2, 0.25) is 0 Å². The lowest BCUT2D eigenvalue weighted by Crippen LogP contribution is -2.13. The first kappa shape index (κ1) is 12.5. The van der Waals surface area contributed by atoms with Gasteiger partial charge in [-0.15, -0.1) is 0 Å². The SMILES string of the molecule is C=C(C)C(=O)Nc1ccc(CC)cc1CC. The van der Waals surface area contributed by atoms with Crippen molar-refractivity contribution in [2.24, 2.45) is 0 Å². The molecule has 0 radical (unpaired) electrons. The molecule has 86 valence electrons. The topological polar surface area (TPSA) is 29.1 Å². The molecule has 1 aromatic rings. The predicted octanol–water partition coefficient (Wildman–Crippen LogP) is 3.33. The summed E-state index contributed by atoms with van der Waals surface area (Å²) >= 11 is 0. The number of carbonyl (C=O) groups excluding carboxylic acids is 1. The minimum Gasteiger partial charge on any atom is -0.322 e. The second-order valence-electron chi connectivity index (χ2n) is 3.93. The van der Waals surface area contributed by atoms with E-state index >= 15 is 0 Å². The first-order chi connectivity index (χ1) is 7.58. The predicted molar refractivity (Wildman–Crippen MR) is 68.6 cm³/mol. The molecule has 0 aliphatic heterocycles. The molecule has 0 heterocycles. The van der Waals surface area contributed by atoms with E-state index in [0.717, 1.165) is 18.5 Å². The minimum absolute atomic E-state index is 0.112. The lowest BCUT2D eigenvalue weighted by molar-refractivity contribution is -0.112. The van der Waals surface area contributed by atoms with Crippen LogP contribution < -0.4 is 5.32 Å². The Morgan fingerprint density at radius 3 is 2.50 bits per heavy atom. The molecular formula is C14H19NO. The van der Waals surface area contributed by atoms with Crippen molar-refractivity contribution in [1.82, 2.24) is 0 Å². The van der Waals surface area contributed by atoms with Crippen LogP contribution in [0.25, 0.3) is 0 Å². The minimum atomic E-state index is -0.112. The Morgan fingerprint density at radius 2 is 2.00 bits per heavy atom. The Labute approximate surface area is 97.4 Å². The Morgan fingerprint density at radius 1 is 1.31 bits per heavy atom. The molecule has 0 saturated carbocycles. The summed E-state index contributed by atoms with van der Waals surface area (Å²) < 4.78 is 0. The fourth-order valence-electron chi connectivity index (χ4n) is 1.51. The van der Waals surface area contributed by atoms with E-state index < -0.39 is 0 Å². The molecule has 0 aliphatic carbocycles. The molecule has 0 fully saturated rings. The molecule has 16 heavy (non-hydrogen) atoms. The van der Waals surface area contributed by atoms with E-state index in [1.165, 1.54) is 11.1 Å². The monoisotopic (exact) mass is 217 g/mol. The maximum atomic E-state index is 11.5. The van der Waals surface area contributed by atoms with Crippen molar-refractivity contribution in [2.75, 3.05) is 5.32 Å². The van der Waals surface area contributed by atoms with Gasteiger partial charge in [0.25, 0.3) is 5.91 Å². The molecule has 0 spiro atoms. The molecule has 2 heteroatoms. The first-order valence-corrected chi connectivity index (χ1v) is 5.67. The number of anilines is 1. The Bertz CT molecular complexity index is 407. The summed E-state index contributed by atoms with van der Waals surface area (Å²) in [6.45, 7) is 9.55. The normalized spacial score (nSPS) is 9.94. The number of amides is 1. The summed E-state index contributed by atoms with van der Waals surface area (Å²) in [4.78, 5) is 11.5. The molecule has 1 amide bonds. The number of aryl methyl sites for hydroxylation is 2. The molecule has 1 rings (SSSR count). The van der Waals surface area contributed by atoms with E-state index in [9.17, 15) is 4.79 Å². The van der Waals surface area contributed by atoms with E-state index in [2.05, 4.69) is 31.8 Å². The summed E-state index contributed by atoms with van der Waals surface area (Å²) in [7, 11) is 0. The number of benzene rings is 1. The first-order valence-electron chi connectivity index (χ1n) is 5.67. The second kappa shape index (κ2) is 5.50. The third kappa shape index (κ3) is 2.96. The van der Waals surface area contributed by atoms with Gasteiger partial charge in [-0.05, 0) is 37.0 Å². The number of hydrogen-bond acceptors (Lipinski definition) is 1. The molecule has 0 atom stereocenters.